The number of aliphatic carboxylic acids is 1. The van der Waals surface area contributed by atoms with Crippen molar-refractivity contribution in [2.45, 2.75) is 13.3 Å². The van der Waals surface area contributed by atoms with E-state index in [2.05, 4.69) is 6.58 Å². The summed E-state index contributed by atoms with van der Waals surface area (Å²) in [5, 5.41) is 8.68. The Morgan fingerprint density at radius 2 is 2.38 bits per heavy atom. The van der Waals surface area contributed by atoms with Gasteiger partial charge in [0, 0.05) is 19.5 Å². The van der Waals surface area contributed by atoms with Crippen LogP contribution >= 0.6 is 0 Å². The highest BCUT2D eigenvalue weighted by Gasteiger charge is 2.33. The first-order valence-electron chi connectivity index (χ1n) is 4.15. The molecule has 4 nitrogen and oxygen atoms in total. The number of nitrogens with zero attached hydrogens (tertiary/aromatic N) is 1. The zero-order valence-electron chi connectivity index (χ0n) is 7.62. The molecule has 72 valence electrons. The van der Waals surface area contributed by atoms with Crippen molar-refractivity contribution in [2.24, 2.45) is 5.92 Å². The van der Waals surface area contributed by atoms with E-state index in [0.29, 0.717) is 13.1 Å². The van der Waals surface area contributed by atoms with Gasteiger partial charge in [0.1, 0.15) is 0 Å². The molecule has 1 heterocycles. The van der Waals surface area contributed by atoms with Gasteiger partial charge in [0.15, 0.2) is 0 Å². The Hall–Kier alpha value is -1.32. The number of carbonyl (C=O) groups is 2. The summed E-state index contributed by atoms with van der Waals surface area (Å²) in [6, 6.07) is 0. The van der Waals surface area contributed by atoms with Crippen LogP contribution in [0.25, 0.3) is 0 Å². The monoisotopic (exact) mass is 183 g/mol. The fourth-order valence-electron chi connectivity index (χ4n) is 1.42. The van der Waals surface area contributed by atoms with Gasteiger partial charge >= 0.3 is 5.97 Å². The lowest BCUT2D eigenvalue weighted by atomic mass is 10.1. The molecule has 1 aliphatic rings. The molecule has 1 N–H and O–H groups in total. The minimum absolute atomic E-state index is 0.0876. The van der Waals surface area contributed by atoms with Crippen molar-refractivity contribution >= 4 is 11.9 Å². The maximum Gasteiger partial charge on any atom is 0.308 e. The molecule has 4 heteroatoms. The molecule has 1 rings (SSSR count). The summed E-state index contributed by atoms with van der Waals surface area (Å²) in [6.07, 6.45) is 0.128. The second-order valence-electron chi connectivity index (χ2n) is 3.47. The molecule has 0 aliphatic carbocycles. The SMILES string of the molecule is C=C(C)CN1C[C@H](C(=O)O)CC1=O. The first-order chi connectivity index (χ1) is 6.00. The van der Waals surface area contributed by atoms with Crippen LogP contribution in [0.5, 0.6) is 0 Å². The van der Waals surface area contributed by atoms with Gasteiger partial charge in [0.05, 0.1) is 5.92 Å². The molecule has 1 fully saturated rings. The maximum atomic E-state index is 11.2. The Balaban J connectivity index is 2.56. The van der Waals surface area contributed by atoms with Crippen molar-refractivity contribution < 1.29 is 14.7 Å². The lowest BCUT2D eigenvalue weighted by Crippen LogP contribution is -2.27. The summed E-state index contributed by atoms with van der Waals surface area (Å²) in [5.41, 5.74) is 0.874. The highest BCUT2D eigenvalue weighted by molar-refractivity contribution is 5.86. The second-order valence-corrected chi connectivity index (χ2v) is 3.47. The van der Waals surface area contributed by atoms with E-state index in [0.717, 1.165) is 5.57 Å². The molecule has 0 aromatic rings. The van der Waals surface area contributed by atoms with E-state index in [4.69, 9.17) is 5.11 Å². The summed E-state index contributed by atoms with van der Waals surface area (Å²) >= 11 is 0. The molecule has 0 saturated carbocycles. The van der Waals surface area contributed by atoms with Crippen LogP contribution in [-0.4, -0.2) is 35.0 Å². The van der Waals surface area contributed by atoms with Crippen LogP contribution in [0.3, 0.4) is 0 Å². The predicted octanol–water partition coefficient (Wildman–Crippen LogP) is 0.496. The van der Waals surface area contributed by atoms with Crippen molar-refractivity contribution in [1.82, 2.24) is 4.90 Å². The van der Waals surface area contributed by atoms with Crippen LogP contribution in [0.2, 0.25) is 0 Å². The largest absolute Gasteiger partial charge is 0.481 e. The molecule has 1 atom stereocenters. The third kappa shape index (κ3) is 2.31. The van der Waals surface area contributed by atoms with Crippen molar-refractivity contribution in [3.05, 3.63) is 12.2 Å². The van der Waals surface area contributed by atoms with Gasteiger partial charge in [-0.05, 0) is 6.92 Å². The van der Waals surface area contributed by atoms with Crippen molar-refractivity contribution in [3.8, 4) is 0 Å². The van der Waals surface area contributed by atoms with Crippen LogP contribution in [-0.2, 0) is 9.59 Å². The summed E-state index contributed by atoms with van der Waals surface area (Å²) in [5.74, 6) is -1.51. The van der Waals surface area contributed by atoms with E-state index in [9.17, 15) is 9.59 Å². The Morgan fingerprint density at radius 1 is 1.77 bits per heavy atom. The third-order valence-corrected chi connectivity index (χ3v) is 2.02. The van der Waals surface area contributed by atoms with Gasteiger partial charge in [-0.1, -0.05) is 12.2 Å². The highest BCUT2D eigenvalue weighted by atomic mass is 16.4. The summed E-state index contributed by atoms with van der Waals surface area (Å²) in [4.78, 5) is 23.4. The topological polar surface area (TPSA) is 57.6 Å². The predicted molar refractivity (Wildman–Crippen MR) is 47.1 cm³/mol. The summed E-state index contributed by atoms with van der Waals surface area (Å²) < 4.78 is 0. The number of amides is 1. The molecule has 1 amide bonds. The minimum atomic E-state index is -0.891. The number of rotatable bonds is 3. The molecule has 13 heavy (non-hydrogen) atoms. The summed E-state index contributed by atoms with van der Waals surface area (Å²) in [6.45, 7) is 6.30. The lowest BCUT2D eigenvalue weighted by Gasteiger charge is -2.15. The second kappa shape index (κ2) is 3.60. The average Bonchev–Trinajstić information content (AvgIpc) is 2.31. The normalized spacial score (nSPS) is 22.1. The van der Waals surface area contributed by atoms with E-state index in [1.165, 1.54) is 0 Å². The zero-order chi connectivity index (χ0) is 10.0. The first-order valence-corrected chi connectivity index (χ1v) is 4.15. The van der Waals surface area contributed by atoms with E-state index >= 15 is 0 Å². The fourth-order valence-corrected chi connectivity index (χ4v) is 1.42. The van der Waals surface area contributed by atoms with Crippen molar-refractivity contribution in [1.29, 1.82) is 0 Å². The van der Waals surface area contributed by atoms with Gasteiger partial charge < -0.3 is 10.0 Å². The van der Waals surface area contributed by atoms with Crippen LogP contribution in [0.1, 0.15) is 13.3 Å². The molecule has 0 radical (unpaired) electrons. The lowest BCUT2D eigenvalue weighted by molar-refractivity contribution is -0.141. The molecule has 1 saturated heterocycles. The van der Waals surface area contributed by atoms with Gasteiger partial charge in [-0.25, -0.2) is 0 Å². The third-order valence-electron chi connectivity index (χ3n) is 2.02. The zero-order valence-corrected chi connectivity index (χ0v) is 7.62. The standard InChI is InChI=1S/C9H13NO3/c1-6(2)4-10-5-7(9(12)13)3-8(10)11/h7H,1,3-5H2,2H3,(H,12,13)/t7-/m1/s1. The molecule has 1 aliphatic heterocycles. The fraction of sp³-hybridized carbons (Fsp3) is 0.556. The number of carbonyl (C=O) groups excluding carboxylic acids is 1. The van der Waals surface area contributed by atoms with E-state index in [-0.39, 0.29) is 12.3 Å². The quantitative estimate of drug-likeness (QED) is 0.648. The smallest absolute Gasteiger partial charge is 0.308 e. The van der Waals surface area contributed by atoms with E-state index < -0.39 is 11.9 Å². The molecule has 0 unspecified atom stereocenters. The Labute approximate surface area is 76.8 Å². The molecule has 0 aromatic heterocycles. The maximum absolute atomic E-state index is 11.2. The minimum Gasteiger partial charge on any atom is -0.481 e. The summed E-state index contributed by atoms with van der Waals surface area (Å²) in [7, 11) is 0. The Morgan fingerprint density at radius 3 is 2.77 bits per heavy atom. The van der Waals surface area contributed by atoms with Crippen LogP contribution in [0.4, 0.5) is 0 Å². The molecule has 0 spiro atoms. The molecule has 0 aromatic carbocycles. The Bertz CT molecular complexity index is 260. The van der Waals surface area contributed by atoms with Gasteiger partial charge in [-0.3, -0.25) is 9.59 Å². The first kappa shape index (κ1) is 9.77. The number of hydrogen-bond donors (Lipinski definition) is 1. The number of carboxylic acid groups (broad SMARTS) is 1. The average molecular weight is 183 g/mol. The van der Waals surface area contributed by atoms with Crippen LogP contribution in [0.15, 0.2) is 12.2 Å². The van der Waals surface area contributed by atoms with Gasteiger partial charge in [-0.15, -0.1) is 0 Å². The Kier molecular flexibility index (Phi) is 2.70. The molecular formula is C9H13NO3. The number of carboxylic acids is 1. The molecule has 0 bridgehead atoms. The van der Waals surface area contributed by atoms with Crippen molar-refractivity contribution in [3.63, 3.8) is 0 Å². The van der Waals surface area contributed by atoms with Gasteiger partial charge in [-0.2, -0.15) is 0 Å². The van der Waals surface area contributed by atoms with Gasteiger partial charge in [0.2, 0.25) is 5.91 Å². The van der Waals surface area contributed by atoms with Gasteiger partial charge in [0.25, 0.3) is 0 Å². The van der Waals surface area contributed by atoms with Crippen LogP contribution < -0.4 is 0 Å². The van der Waals surface area contributed by atoms with Crippen LogP contribution in [0, 0.1) is 5.92 Å². The van der Waals surface area contributed by atoms with E-state index in [1.807, 2.05) is 6.92 Å². The van der Waals surface area contributed by atoms with E-state index in [1.54, 1.807) is 4.90 Å². The highest BCUT2D eigenvalue weighted by Crippen LogP contribution is 2.18. The van der Waals surface area contributed by atoms with Crippen molar-refractivity contribution in [2.75, 3.05) is 13.1 Å². The molecular weight excluding hydrogens is 170 g/mol. The number of likely N-dealkylation sites (tertiary alicyclic amines) is 1. The number of hydrogen-bond acceptors (Lipinski definition) is 2.